The fourth-order valence-corrected chi connectivity index (χ4v) is 0.788. The first-order valence-corrected chi connectivity index (χ1v) is 4.73. The van der Waals surface area contributed by atoms with E-state index < -0.39 is 5.60 Å². The van der Waals surface area contributed by atoms with Gasteiger partial charge in [0, 0.05) is 13.1 Å². The average molecular weight is 187 g/mol. The lowest BCUT2D eigenvalue weighted by atomic mass is 10.2. The summed E-state index contributed by atoms with van der Waals surface area (Å²) in [4.78, 5) is 13.1. The first-order chi connectivity index (χ1) is 5.78. The fourth-order valence-electron chi connectivity index (χ4n) is 0.788. The second kappa shape index (κ2) is 4.49. The van der Waals surface area contributed by atoms with Crippen molar-refractivity contribution in [3.63, 3.8) is 0 Å². The van der Waals surface area contributed by atoms with Gasteiger partial charge in [0.15, 0.2) is 0 Å². The molecule has 0 aromatic rings. The van der Waals surface area contributed by atoms with Gasteiger partial charge in [-0.05, 0) is 34.1 Å². The van der Waals surface area contributed by atoms with Crippen LogP contribution in [0.4, 0.5) is 4.79 Å². The zero-order chi connectivity index (χ0) is 10.6. The molecule has 0 aliphatic carbocycles. The largest absolute Gasteiger partial charge is 0.444 e. The zero-order valence-electron chi connectivity index (χ0n) is 9.55. The molecule has 0 fully saturated rings. The minimum atomic E-state index is -0.404. The minimum Gasteiger partial charge on any atom is -0.444 e. The van der Waals surface area contributed by atoms with Crippen LogP contribution in [0.25, 0.3) is 0 Å². The highest BCUT2D eigenvalue weighted by Crippen LogP contribution is 2.11. The summed E-state index contributed by atoms with van der Waals surface area (Å²) in [5, 5.41) is 0. The van der Waals surface area contributed by atoms with Crippen molar-refractivity contribution in [1.82, 2.24) is 4.90 Å². The van der Waals surface area contributed by atoms with Gasteiger partial charge in [0.05, 0.1) is 0 Å². The Morgan fingerprint density at radius 1 is 1.46 bits per heavy atom. The molecule has 0 unspecified atom stereocenters. The van der Waals surface area contributed by atoms with Gasteiger partial charge in [-0.1, -0.05) is 6.92 Å². The Hall–Kier alpha value is -0.730. The summed E-state index contributed by atoms with van der Waals surface area (Å²) in [6.07, 6.45) is 0.692. The van der Waals surface area contributed by atoms with Gasteiger partial charge in [-0.15, -0.1) is 0 Å². The van der Waals surface area contributed by atoms with Crippen LogP contribution in [0, 0.1) is 0 Å². The number of carbonyl (C=O) groups excluding carboxylic acids is 1. The highest BCUT2D eigenvalue weighted by molar-refractivity contribution is 5.68. The third-order valence-corrected chi connectivity index (χ3v) is 1.93. The fraction of sp³-hybridized carbons (Fsp3) is 0.900. The summed E-state index contributed by atoms with van der Waals surface area (Å²) < 4.78 is 5.21. The lowest BCUT2D eigenvalue weighted by molar-refractivity contribution is 0.0233. The second-order valence-electron chi connectivity index (χ2n) is 4.35. The molecule has 0 aromatic heterocycles. The van der Waals surface area contributed by atoms with Crippen molar-refractivity contribution in [2.75, 3.05) is 7.05 Å². The summed E-state index contributed by atoms with van der Waals surface area (Å²) in [6, 6.07) is 0.231. The summed E-state index contributed by atoms with van der Waals surface area (Å²) in [6.45, 7) is 9.66. The van der Waals surface area contributed by atoms with E-state index in [-0.39, 0.29) is 12.1 Å². The Morgan fingerprint density at radius 2 is 1.92 bits per heavy atom. The third kappa shape index (κ3) is 4.76. The zero-order valence-corrected chi connectivity index (χ0v) is 9.55. The van der Waals surface area contributed by atoms with E-state index in [1.54, 1.807) is 11.9 Å². The van der Waals surface area contributed by atoms with E-state index in [2.05, 4.69) is 0 Å². The highest BCUT2D eigenvalue weighted by Gasteiger charge is 2.21. The molecule has 0 radical (unpaired) electrons. The van der Waals surface area contributed by atoms with Gasteiger partial charge >= 0.3 is 6.09 Å². The molecule has 0 heterocycles. The van der Waals surface area contributed by atoms with Crippen molar-refractivity contribution in [2.45, 2.75) is 52.7 Å². The monoisotopic (exact) mass is 187 g/mol. The quantitative estimate of drug-likeness (QED) is 0.665. The smallest absolute Gasteiger partial charge is 0.410 e. The SMILES string of the molecule is CC[C@H](C)N(C)C(=O)OC(C)(C)C. The molecule has 13 heavy (non-hydrogen) atoms. The number of ether oxygens (including phenoxy) is 1. The van der Waals surface area contributed by atoms with Crippen LogP contribution >= 0.6 is 0 Å². The Balaban J connectivity index is 4.12. The van der Waals surface area contributed by atoms with Crippen molar-refractivity contribution in [3.8, 4) is 0 Å². The van der Waals surface area contributed by atoms with Gasteiger partial charge in [-0.2, -0.15) is 0 Å². The topological polar surface area (TPSA) is 29.5 Å². The molecule has 0 aliphatic rings. The number of hydrogen-bond donors (Lipinski definition) is 0. The van der Waals surface area contributed by atoms with Crippen LogP contribution in [0.15, 0.2) is 0 Å². The number of rotatable bonds is 2. The predicted molar refractivity (Wildman–Crippen MR) is 53.8 cm³/mol. The maximum absolute atomic E-state index is 11.5. The van der Waals surface area contributed by atoms with E-state index in [0.717, 1.165) is 6.42 Å². The lowest BCUT2D eigenvalue weighted by Gasteiger charge is -2.28. The standard InChI is InChI=1S/C10H21NO2/c1-7-8(2)11(6)9(12)13-10(3,4)5/h8H,7H2,1-6H3/t8-/m0/s1. The number of nitrogens with zero attached hydrogens (tertiary/aromatic N) is 1. The van der Waals surface area contributed by atoms with Gasteiger partial charge in [-0.25, -0.2) is 4.79 Å². The van der Waals surface area contributed by atoms with Crippen molar-refractivity contribution < 1.29 is 9.53 Å². The van der Waals surface area contributed by atoms with Crippen LogP contribution in [0.2, 0.25) is 0 Å². The van der Waals surface area contributed by atoms with Gasteiger partial charge in [0.25, 0.3) is 0 Å². The molecule has 0 saturated heterocycles. The molecule has 0 aliphatic heterocycles. The Kier molecular flexibility index (Phi) is 4.24. The molecule has 3 nitrogen and oxygen atoms in total. The van der Waals surface area contributed by atoms with Crippen LogP contribution in [0.1, 0.15) is 41.0 Å². The molecule has 1 atom stereocenters. The Labute approximate surface area is 81.1 Å². The van der Waals surface area contributed by atoms with Crippen LogP contribution in [-0.4, -0.2) is 29.7 Å². The number of amides is 1. The van der Waals surface area contributed by atoms with E-state index in [9.17, 15) is 4.79 Å². The van der Waals surface area contributed by atoms with E-state index in [1.807, 2.05) is 34.6 Å². The first kappa shape index (κ1) is 12.3. The van der Waals surface area contributed by atoms with Crippen molar-refractivity contribution in [2.24, 2.45) is 0 Å². The summed E-state index contributed by atoms with van der Waals surface area (Å²) >= 11 is 0. The minimum absolute atomic E-state index is 0.231. The van der Waals surface area contributed by atoms with Crippen LogP contribution in [-0.2, 0) is 4.74 Å². The molecular weight excluding hydrogens is 166 g/mol. The molecule has 0 bridgehead atoms. The molecule has 0 spiro atoms. The van der Waals surface area contributed by atoms with Crippen LogP contribution in [0.3, 0.4) is 0 Å². The van der Waals surface area contributed by atoms with Gasteiger partial charge in [0.1, 0.15) is 5.60 Å². The van der Waals surface area contributed by atoms with Crippen molar-refractivity contribution >= 4 is 6.09 Å². The van der Waals surface area contributed by atoms with Gasteiger partial charge in [-0.3, -0.25) is 0 Å². The number of hydrogen-bond acceptors (Lipinski definition) is 2. The first-order valence-electron chi connectivity index (χ1n) is 4.73. The highest BCUT2D eigenvalue weighted by atomic mass is 16.6. The summed E-state index contributed by atoms with van der Waals surface area (Å²) in [5.41, 5.74) is -0.404. The Bertz CT molecular complexity index is 172. The molecule has 0 saturated carbocycles. The molecule has 0 N–H and O–H groups in total. The third-order valence-electron chi connectivity index (χ3n) is 1.93. The molecule has 3 heteroatoms. The van der Waals surface area contributed by atoms with Gasteiger partial charge < -0.3 is 9.64 Å². The van der Waals surface area contributed by atoms with E-state index in [1.165, 1.54) is 0 Å². The normalized spacial score (nSPS) is 13.7. The molecule has 0 rings (SSSR count). The maximum Gasteiger partial charge on any atom is 0.410 e. The van der Waals surface area contributed by atoms with E-state index in [4.69, 9.17) is 4.74 Å². The molecular formula is C10H21NO2. The molecule has 0 aromatic carbocycles. The second-order valence-corrected chi connectivity index (χ2v) is 4.35. The van der Waals surface area contributed by atoms with Crippen LogP contribution < -0.4 is 0 Å². The predicted octanol–water partition coefficient (Wildman–Crippen LogP) is 2.65. The number of carbonyl (C=O) groups is 1. The van der Waals surface area contributed by atoms with E-state index in [0.29, 0.717) is 0 Å². The molecule has 1 amide bonds. The van der Waals surface area contributed by atoms with E-state index >= 15 is 0 Å². The van der Waals surface area contributed by atoms with Crippen molar-refractivity contribution in [1.29, 1.82) is 0 Å². The summed E-state index contributed by atoms with van der Waals surface area (Å²) in [5.74, 6) is 0. The average Bonchev–Trinajstić information content (AvgIpc) is 1.98. The van der Waals surface area contributed by atoms with Crippen LogP contribution in [0.5, 0.6) is 0 Å². The van der Waals surface area contributed by atoms with Crippen molar-refractivity contribution in [3.05, 3.63) is 0 Å². The Morgan fingerprint density at radius 3 is 2.23 bits per heavy atom. The maximum atomic E-state index is 11.5. The molecule has 78 valence electrons. The van der Waals surface area contributed by atoms with Gasteiger partial charge in [0.2, 0.25) is 0 Å². The summed E-state index contributed by atoms with van der Waals surface area (Å²) in [7, 11) is 1.77. The lowest BCUT2D eigenvalue weighted by Crippen LogP contribution is -2.39.